The Morgan fingerprint density at radius 3 is 2.67 bits per heavy atom. The minimum atomic E-state index is -1.42. The molecule has 0 bridgehead atoms. The molecule has 5 nitrogen and oxygen atoms in total. The maximum atomic E-state index is 12.6. The summed E-state index contributed by atoms with van der Waals surface area (Å²) in [6.07, 6.45) is 1.50. The van der Waals surface area contributed by atoms with E-state index in [-0.39, 0.29) is 12.5 Å². The summed E-state index contributed by atoms with van der Waals surface area (Å²) in [4.78, 5) is 17.7. The second kappa shape index (κ2) is 7.48. The number of rotatable bonds is 6. The van der Waals surface area contributed by atoms with Crippen molar-refractivity contribution in [1.82, 2.24) is 10.3 Å². The minimum absolute atomic E-state index is 0.0158. The van der Waals surface area contributed by atoms with Gasteiger partial charge in [0.15, 0.2) is 5.60 Å². The van der Waals surface area contributed by atoms with Crippen molar-refractivity contribution in [3.05, 3.63) is 88.0 Å². The molecule has 27 heavy (non-hydrogen) atoms. The Hall–Kier alpha value is -2.74. The van der Waals surface area contributed by atoms with Gasteiger partial charge in [0.05, 0.1) is 12.8 Å². The molecule has 3 aromatic heterocycles. The van der Waals surface area contributed by atoms with Gasteiger partial charge in [0.1, 0.15) is 16.5 Å². The Kier molecular flexibility index (Phi) is 4.89. The van der Waals surface area contributed by atoms with Crippen LogP contribution in [0.2, 0.25) is 0 Å². The molecular weight excluding hydrogens is 380 g/mol. The van der Waals surface area contributed by atoms with Crippen LogP contribution in [0.1, 0.15) is 21.1 Å². The fourth-order valence-corrected chi connectivity index (χ4v) is 4.35. The number of hydrogen-bond acceptors (Lipinski definition) is 6. The van der Waals surface area contributed by atoms with Crippen LogP contribution < -0.4 is 5.32 Å². The summed E-state index contributed by atoms with van der Waals surface area (Å²) in [6, 6.07) is 16.8. The highest BCUT2D eigenvalue weighted by Gasteiger charge is 2.36. The molecule has 0 saturated heterocycles. The van der Waals surface area contributed by atoms with E-state index < -0.39 is 5.60 Å². The number of aromatic nitrogens is 1. The van der Waals surface area contributed by atoms with Crippen LogP contribution in [0.25, 0.3) is 10.6 Å². The lowest BCUT2D eigenvalue weighted by molar-refractivity contribution is 0.0553. The summed E-state index contributed by atoms with van der Waals surface area (Å²) >= 11 is 2.81. The molecule has 1 aromatic carbocycles. The lowest BCUT2D eigenvalue weighted by Gasteiger charge is -2.25. The third kappa shape index (κ3) is 3.57. The zero-order chi connectivity index (χ0) is 18.7. The quantitative estimate of drug-likeness (QED) is 0.514. The SMILES string of the molecule is O=C(NC[C@@](O)(c1ccco1)c1cccs1)c1csc(-c2ccccc2)n1. The maximum absolute atomic E-state index is 12.6. The van der Waals surface area contributed by atoms with Gasteiger partial charge < -0.3 is 14.8 Å². The first kappa shape index (κ1) is 17.7. The number of nitrogens with zero attached hydrogens (tertiary/aromatic N) is 1. The van der Waals surface area contributed by atoms with E-state index in [0.29, 0.717) is 16.3 Å². The molecule has 4 rings (SSSR count). The molecule has 4 aromatic rings. The molecule has 0 aliphatic rings. The fourth-order valence-electron chi connectivity index (χ4n) is 2.71. The van der Waals surface area contributed by atoms with Gasteiger partial charge in [-0.15, -0.1) is 22.7 Å². The molecule has 0 unspecified atom stereocenters. The van der Waals surface area contributed by atoms with Crippen molar-refractivity contribution in [3.8, 4) is 10.6 Å². The Balaban J connectivity index is 1.52. The molecule has 0 saturated carbocycles. The summed E-state index contributed by atoms with van der Waals surface area (Å²) in [5.74, 6) is 0.0449. The summed E-state index contributed by atoms with van der Waals surface area (Å²) < 4.78 is 5.41. The van der Waals surface area contributed by atoms with Crippen LogP contribution in [0, 0.1) is 0 Å². The Bertz CT molecular complexity index is 975. The molecule has 136 valence electrons. The molecule has 1 atom stereocenters. The lowest BCUT2D eigenvalue weighted by Crippen LogP contribution is -2.41. The van der Waals surface area contributed by atoms with Gasteiger partial charge in [-0.1, -0.05) is 36.4 Å². The average Bonchev–Trinajstić information content (AvgIpc) is 3.48. The second-order valence-electron chi connectivity index (χ2n) is 5.90. The van der Waals surface area contributed by atoms with Crippen molar-refractivity contribution < 1.29 is 14.3 Å². The third-order valence-corrected chi connectivity index (χ3v) is 6.03. The molecule has 2 N–H and O–H groups in total. The van der Waals surface area contributed by atoms with Crippen LogP contribution in [0.15, 0.2) is 76.0 Å². The number of nitrogens with one attached hydrogen (secondary N) is 1. The standard InChI is InChI=1S/C20H16N2O3S2/c23-18(15-12-27-19(22-15)14-6-2-1-3-7-14)21-13-20(24,16-8-4-10-25-16)17-9-5-11-26-17/h1-12,24H,13H2,(H,21,23)/t20-/m1/s1. The van der Waals surface area contributed by atoms with Gasteiger partial charge in [-0.25, -0.2) is 4.98 Å². The van der Waals surface area contributed by atoms with Crippen molar-refractivity contribution in [1.29, 1.82) is 0 Å². The van der Waals surface area contributed by atoms with Crippen molar-refractivity contribution in [2.75, 3.05) is 6.54 Å². The second-order valence-corrected chi connectivity index (χ2v) is 7.71. The number of benzene rings is 1. The first-order valence-corrected chi connectivity index (χ1v) is 10.0. The fraction of sp³-hybridized carbons (Fsp3) is 0.100. The van der Waals surface area contributed by atoms with E-state index in [0.717, 1.165) is 10.6 Å². The summed E-state index contributed by atoms with van der Waals surface area (Å²) in [5.41, 5.74) is -0.134. The molecule has 0 aliphatic heterocycles. The Morgan fingerprint density at radius 2 is 1.96 bits per heavy atom. The van der Waals surface area contributed by atoms with Crippen LogP contribution >= 0.6 is 22.7 Å². The normalized spacial score (nSPS) is 13.2. The first-order valence-electron chi connectivity index (χ1n) is 8.26. The zero-order valence-corrected chi connectivity index (χ0v) is 15.8. The lowest BCUT2D eigenvalue weighted by atomic mass is 9.98. The van der Waals surface area contributed by atoms with Crippen molar-refractivity contribution in [2.45, 2.75) is 5.60 Å². The van der Waals surface area contributed by atoms with E-state index >= 15 is 0 Å². The molecule has 0 spiro atoms. The highest BCUT2D eigenvalue weighted by molar-refractivity contribution is 7.13. The molecule has 0 fully saturated rings. The topological polar surface area (TPSA) is 75.4 Å². The highest BCUT2D eigenvalue weighted by Crippen LogP contribution is 2.32. The van der Waals surface area contributed by atoms with Crippen LogP contribution in [0.4, 0.5) is 0 Å². The van der Waals surface area contributed by atoms with E-state index in [1.807, 2.05) is 47.8 Å². The number of hydrogen-bond donors (Lipinski definition) is 2. The van der Waals surface area contributed by atoms with Crippen LogP contribution in [0.3, 0.4) is 0 Å². The van der Waals surface area contributed by atoms with Gasteiger partial charge in [-0.05, 0) is 23.6 Å². The summed E-state index contributed by atoms with van der Waals surface area (Å²) in [6.45, 7) is -0.0158. The average molecular weight is 396 g/mol. The maximum Gasteiger partial charge on any atom is 0.270 e. The first-order chi connectivity index (χ1) is 13.2. The molecule has 0 aliphatic carbocycles. The number of aliphatic hydroxyl groups is 1. The zero-order valence-electron chi connectivity index (χ0n) is 14.2. The van der Waals surface area contributed by atoms with E-state index in [1.165, 1.54) is 28.9 Å². The highest BCUT2D eigenvalue weighted by atomic mass is 32.1. The summed E-state index contributed by atoms with van der Waals surface area (Å²) in [7, 11) is 0. The van der Waals surface area contributed by atoms with E-state index in [1.54, 1.807) is 17.5 Å². The van der Waals surface area contributed by atoms with Crippen LogP contribution in [-0.2, 0) is 5.60 Å². The third-order valence-electron chi connectivity index (χ3n) is 4.12. The predicted molar refractivity (Wildman–Crippen MR) is 106 cm³/mol. The number of thiophene rings is 1. The van der Waals surface area contributed by atoms with Gasteiger partial charge in [-0.2, -0.15) is 0 Å². The smallest absolute Gasteiger partial charge is 0.270 e. The van der Waals surface area contributed by atoms with Crippen molar-refractivity contribution >= 4 is 28.6 Å². The van der Waals surface area contributed by atoms with Crippen LogP contribution in [-0.4, -0.2) is 22.5 Å². The monoisotopic (exact) mass is 396 g/mol. The number of amides is 1. The number of thiazole rings is 1. The largest absolute Gasteiger partial charge is 0.466 e. The summed E-state index contributed by atoms with van der Waals surface area (Å²) in [5, 5.41) is 18.3. The van der Waals surface area contributed by atoms with Gasteiger partial charge in [0.25, 0.3) is 5.91 Å². The number of furan rings is 1. The minimum Gasteiger partial charge on any atom is -0.466 e. The Morgan fingerprint density at radius 1 is 1.11 bits per heavy atom. The molecule has 3 heterocycles. The molecule has 7 heteroatoms. The number of carbonyl (C=O) groups excluding carboxylic acids is 1. The van der Waals surface area contributed by atoms with Crippen LogP contribution in [0.5, 0.6) is 0 Å². The molecule has 0 radical (unpaired) electrons. The molecule has 1 amide bonds. The van der Waals surface area contributed by atoms with Gasteiger partial charge in [0, 0.05) is 15.8 Å². The van der Waals surface area contributed by atoms with Crippen molar-refractivity contribution in [2.24, 2.45) is 0 Å². The predicted octanol–water partition coefficient (Wildman–Crippen LogP) is 4.13. The van der Waals surface area contributed by atoms with Gasteiger partial charge in [0.2, 0.25) is 0 Å². The van der Waals surface area contributed by atoms with E-state index in [2.05, 4.69) is 10.3 Å². The Labute approximate surface area is 163 Å². The number of carbonyl (C=O) groups is 1. The molecular formula is C20H16N2O3S2. The van der Waals surface area contributed by atoms with Gasteiger partial charge in [-0.3, -0.25) is 4.79 Å². The van der Waals surface area contributed by atoms with E-state index in [4.69, 9.17) is 4.42 Å². The van der Waals surface area contributed by atoms with Gasteiger partial charge >= 0.3 is 0 Å². The van der Waals surface area contributed by atoms with Crippen molar-refractivity contribution in [3.63, 3.8) is 0 Å². The van der Waals surface area contributed by atoms with E-state index in [9.17, 15) is 9.90 Å².